The predicted molar refractivity (Wildman–Crippen MR) is 106 cm³/mol. The highest BCUT2D eigenvalue weighted by molar-refractivity contribution is 6.11. The van der Waals surface area contributed by atoms with Gasteiger partial charge in [-0.25, -0.2) is 4.79 Å². The van der Waals surface area contributed by atoms with Gasteiger partial charge in [0.25, 0.3) is 11.6 Å². The number of hydrogen-bond acceptors (Lipinski definition) is 5. The van der Waals surface area contributed by atoms with E-state index in [1.54, 1.807) is 13.8 Å². The number of imide groups is 1. The number of nitro benzene ring substituents is 1. The third-order valence-corrected chi connectivity index (χ3v) is 5.13. The van der Waals surface area contributed by atoms with Crippen LogP contribution in [0.3, 0.4) is 0 Å². The van der Waals surface area contributed by atoms with Crippen molar-refractivity contribution in [2.24, 2.45) is 0 Å². The van der Waals surface area contributed by atoms with Crippen LogP contribution in [0.5, 0.6) is 0 Å². The van der Waals surface area contributed by atoms with E-state index >= 15 is 0 Å². The number of hydrogen-bond donors (Lipinski definition) is 1. The van der Waals surface area contributed by atoms with Gasteiger partial charge in [-0.2, -0.15) is 0 Å². The Kier molecular flexibility index (Phi) is 5.45. The van der Waals surface area contributed by atoms with E-state index in [0.29, 0.717) is 18.4 Å². The quantitative estimate of drug-likeness (QED) is 0.335. The van der Waals surface area contributed by atoms with E-state index in [1.807, 2.05) is 30.3 Å². The van der Waals surface area contributed by atoms with Crippen molar-refractivity contribution in [3.05, 3.63) is 75.3 Å². The summed E-state index contributed by atoms with van der Waals surface area (Å²) in [7, 11) is 0. The summed E-state index contributed by atoms with van der Waals surface area (Å²) in [6.07, 6.45) is 0.984. The van der Waals surface area contributed by atoms with Crippen molar-refractivity contribution in [1.29, 1.82) is 0 Å². The summed E-state index contributed by atoms with van der Waals surface area (Å²) in [4.78, 5) is 49.1. The van der Waals surface area contributed by atoms with Gasteiger partial charge in [-0.3, -0.25) is 24.6 Å². The summed E-state index contributed by atoms with van der Waals surface area (Å²) in [6, 6.07) is 13.0. The number of carbonyl (C=O) groups is 3. The van der Waals surface area contributed by atoms with E-state index in [-0.39, 0.29) is 11.3 Å². The van der Waals surface area contributed by atoms with Crippen molar-refractivity contribution in [2.45, 2.75) is 32.2 Å². The number of ketones is 1. The number of nitro groups is 1. The third kappa shape index (κ3) is 4.16. The van der Waals surface area contributed by atoms with Gasteiger partial charge in [-0.15, -0.1) is 0 Å². The lowest BCUT2D eigenvalue weighted by atomic mass is 9.93. The zero-order valence-corrected chi connectivity index (χ0v) is 16.2. The summed E-state index contributed by atoms with van der Waals surface area (Å²) in [5, 5.41) is 13.8. The molecule has 2 aromatic carbocycles. The number of rotatable bonds is 7. The topological polar surface area (TPSA) is 110 Å². The maximum absolute atomic E-state index is 12.8. The van der Waals surface area contributed by atoms with Crippen LogP contribution in [0, 0.1) is 17.0 Å². The largest absolute Gasteiger partial charge is 0.325 e. The number of aryl methyl sites for hydroxylation is 2. The SMILES string of the molecule is Cc1ccc(C(=O)CN2C(=O)N[C@](C)(CCc3ccccc3)C2=O)cc1[N+](=O)[O-]. The average molecular weight is 395 g/mol. The number of amides is 3. The predicted octanol–water partition coefficient (Wildman–Crippen LogP) is 3.03. The smallest absolute Gasteiger partial charge is 0.323 e. The molecule has 1 saturated heterocycles. The fraction of sp³-hybridized carbons (Fsp3) is 0.286. The lowest BCUT2D eigenvalue weighted by Gasteiger charge is -2.21. The molecule has 0 aliphatic carbocycles. The Labute approximate surface area is 167 Å². The highest BCUT2D eigenvalue weighted by Gasteiger charge is 2.47. The highest BCUT2D eigenvalue weighted by atomic mass is 16.6. The molecule has 3 amide bonds. The van der Waals surface area contributed by atoms with E-state index in [4.69, 9.17) is 0 Å². The number of Topliss-reactive ketones (excluding diaryl/α,β-unsaturated/α-hetero) is 1. The normalized spacial score (nSPS) is 18.6. The van der Waals surface area contributed by atoms with Crippen molar-refractivity contribution < 1.29 is 19.3 Å². The molecule has 1 atom stereocenters. The van der Waals surface area contributed by atoms with E-state index in [9.17, 15) is 24.5 Å². The van der Waals surface area contributed by atoms with Gasteiger partial charge in [0.1, 0.15) is 5.54 Å². The molecule has 1 aliphatic rings. The minimum Gasteiger partial charge on any atom is -0.323 e. The van der Waals surface area contributed by atoms with Crippen LogP contribution in [0.4, 0.5) is 10.5 Å². The maximum Gasteiger partial charge on any atom is 0.325 e. The number of nitrogens with zero attached hydrogens (tertiary/aromatic N) is 2. The summed E-state index contributed by atoms with van der Waals surface area (Å²) < 4.78 is 0. The van der Waals surface area contributed by atoms with Crippen molar-refractivity contribution in [1.82, 2.24) is 10.2 Å². The Morgan fingerprint density at radius 3 is 2.52 bits per heavy atom. The highest BCUT2D eigenvalue weighted by Crippen LogP contribution is 2.25. The van der Waals surface area contributed by atoms with E-state index in [0.717, 1.165) is 10.5 Å². The first-order chi connectivity index (χ1) is 13.7. The number of benzene rings is 2. The zero-order valence-electron chi connectivity index (χ0n) is 16.2. The van der Waals surface area contributed by atoms with Gasteiger partial charge in [0.05, 0.1) is 11.5 Å². The lowest BCUT2D eigenvalue weighted by Crippen LogP contribution is -2.44. The zero-order chi connectivity index (χ0) is 21.2. The molecule has 0 unspecified atom stereocenters. The van der Waals surface area contributed by atoms with Crippen molar-refractivity contribution >= 4 is 23.4 Å². The Bertz CT molecular complexity index is 989. The van der Waals surface area contributed by atoms with Gasteiger partial charge in [0.15, 0.2) is 5.78 Å². The molecule has 0 saturated carbocycles. The Hall–Kier alpha value is -3.55. The molecule has 0 bridgehead atoms. The van der Waals surface area contributed by atoms with Crippen LogP contribution in [0.25, 0.3) is 0 Å². The standard InChI is InChI=1S/C21H21N3O5/c1-14-8-9-16(12-17(14)24(28)29)18(25)13-23-19(26)21(2,22-20(23)27)11-10-15-6-4-3-5-7-15/h3-9,12H,10-11,13H2,1-2H3,(H,22,27)/t21-/m1/s1. The minimum atomic E-state index is -1.10. The molecular formula is C21H21N3O5. The van der Waals surface area contributed by atoms with Gasteiger partial charge in [0.2, 0.25) is 0 Å². The minimum absolute atomic E-state index is 0.0841. The molecule has 150 valence electrons. The number of carbonyl (C=O) groups excluding carboxylic acids is 3. The molecule has 0 aromatic heterocycles. The summed E-state index contributed by atoms with van der Waals surface area (Å²) >= 11 is 0. The van der Waals surface area contributed by atoms with Crippen molar-refractivity contribution in [2.75, 3.05) is 6.54 Å². The summed E-state index contributed by atoms with van der Waals surface area (Å²) in [6.45, 7) is 2.74. The van der Waals surface area contributed by atoms with Gasteiger partial charge < -0.3 is 5.32 Å². The van der Waals surface area contributed by atoms with E-state index in [1.165, 1.54) is 18.2 Å². The van der Waals surface area contributed by atoms with Crippen LogP contribution in [-0.2, 0) is 11.2 Å². The first kappa shape index (κ1) is 20.2. The second kappa shape index (κ2) is 7.83. The van der Waals surface area contributed by atoms with Crippen LogP contribution in [0.1, 0.15) is 34.8 Å². The van der Waals surface area contributed by atoms with Gasteiger partial charge in [0, 0.05) is 17.2 Å². The van der Waals surface area contributed by atoms with Crippen molar-refractivity contribution in [3.63, 3.8) is 0 Å². The Balaban J connectivity index is 1.72. The molecule has 0 radical (unpaired) electrons. The molecule has 8 nitrogen and oxygen atoms in total. The molecule has 1 N–H and O–H groups in total. The second-order valence-electron chi connectivity index (χ2n) is 7.32. The van der Waals surface area contributed by atoms with Crippen LogP contribution in [-0.4, -0.2) is 39.6 Å². The molecule has 8 heteroatoms. The molecule has 2 aromatic rings. The van der Waals surface area contributed by atoms with Crippen molar-refractivity contribution in [3.8, 4) is 0 Å². The molecule has 29 heavy (non-hydrogen) atoms. The van der Waals surface area contributed by atoms with E-state index in [2.05, 4.69) is 5.32 Å². The number of urea groups is 1. The molecular weight excluding hydrogens is 374 g/mol. The molecule has 1 heterocycles. The molecule has 0 spiro atoms. The third-order valence-electron chi connectivity index (χ3n) is 5.13. The van der Waals surface area contributed by atoms with Crippen LogP contribution in [0.2, 0.25) is 0 Å². The second-order valence-corrected chi connectivity index (χ2v) is 7.32. The van der Waals surface area contributed by atoms with Crippen LogP contribution >= 0.6 is 0 Å². The van der Waals surface area contributed by atoms with Gasteiger partial charge in [-0.05, 0) is 32.3 Å². The summed E-state index contributed by atoms with van der Waals surface area (Å²) in [5.74, 6) is -1.02. The molecule has 1 aliphatic heterocycles. The Morgan fingerprint density at radius 2 is 1.86 bits per heavy atom. The number of nitrogens with one attached hydrogen (secondary N) is 1. The van der Waals surface area contributed by atoms with E-state index < -0.39 is 34.7 Å². The average Bonchev–Trinajstić information content (AvgIpc) is 2.90. The fourth-order valence-electron chi connectivity index (χ4n) is 3.31. The monoisotopic (exact) mass is 395 g/mol. The molecule has 1 fully saturated rings. The Morgan fingerprint density at radius 1 is 1.17 bits per heavy atom. The first-order valence-electron chi connectivity index (χ1n) is 9.17. The van der Waals surface area contributed by atoms with Crippen LogP contribution < -0.4 is 5.32 Å². The fourth-order valence-corrected chi connectivity index (χ4v) is 3.31. The first-order valence-corrected chi connectivity index (χ1v) is 9.17. The molecule has 3 rings (SSSR count). The lowest BCUT2D eigenvalue weighted by molar-refractivity contribution is -0.385. The maximum atomic E-state index is 12.8. The van der Waals surface area contributed by atoms with Crippen LogP contribution in [0.15, 0.2) is 48.5 Å². The summed E-state index contributed by atoms with van der Waals surface area (Å²) in [5.41, 5.74) is 0.265. The van der Waals surface area contributed by atoms with Gasteiger partial charge in [-0.1, -0.05) is 42.5 Å². The van der Waals surface area contributed by atoms with Gasteiger partial charge >= 0.3 is 6.03 Å².